The molecule has 0 aromatic heterocycles. The maximum atomic E-state index is 6.25. The van der Waals surface area contributed by atoms with Crippen LogP contribution in [0.15, 0.2) is 24.3 Å². The molecule has 1 aliphatic carbocycles. The molecule has 0 amide bonds. The van der Waals surface area contributed by atoms with Crippen molar-refractivity contribution in [1.82, 2.24) is 4.90 Å². The average Bonchev–Trinajstić information content (AvgIpc) is 2.89. The summed E-state index contributed by atoms with van der Waals surface area (Å²) in [5.41, 5.74) is 9.10. The smallest absolute Gasteiger partial charge is 0.0411 e. The van der Waals surface area contributed by atoms with Gasteiger partial charge in [0.2, 0.25) is 0 Å². The second kappa shape index (κ2) is 3.57. The number of nitrogens with two attached hydrogens (primary N) is 1. The molecule has 1 atom stereocenters. The molecule has 1 saturated carbocycles. The summed E-state index contributed by atoms with van der Waals surface area (Å²) < 4.78 is 0. The average molecular weight is 216 g/mol. The van der Waals surface area contributed by atoms with Crippen LogP contribution in [0.3, 0.4) is 0 Å². The standard InChI is InChI=1S/C14H20N2/c1-16-8-5-12(10-16)11-3-2-4-13(9-11)14(15)6-7-14/h2-4,9,12H,5-8,10,15H2,1H3. The summed E-state index contributed by atoms with van der Waals surface area (Å²) in [7, 11) is 2.20. The molecule has 3 rings (SSSR count). The fourth-order valence-corrected chi connectivity index (χ4v) is 2.73. The number of hydrogen-bond acceptors (Lipinski definition) is 2. The highest BCUT2D eigenvalue weighted by molar-refractivity contribution is 5.35. The van der Waals surface area contributed by atoms with Crippen molar-refractivity contribution < 1.29 is 0 Å². The van der Waals surface area contributed by atoms with E-state index in [2.05, 4.69) is 36.2 Å². The first kappa shape index (κ1) is 10.3. The zero-order valence-corrected chi connectivity index (χ0v) is 9.95. The van der Waals surface area contributed by atoms with E-state index in [9.17, 15) is 0 Å². The van der Waals surface area contributed by atoms with Crippen molar-refractivity contribution in [2.75, 3.05) is 20.1 Å². The van der Waals surface area contributed by atoms with Crippen LogP contribution in [0.1, 0.15) is 36.3 Å². The van der Waals surface area contributed by atoms with Gasteiger partial charge < -0.3 is 10.6 Å². The summed E-state index contributed by atoms with van der Waals surface area (Å²) >= 11 is 0. The van der Waals surface area contributed by atoms with E-state index in [0.717, 1.165) is 12.8 Å². The predicted molar refractivity (Wildman–Crippen MR) is 66.4 cm³/mol. The Morgan fingerprint density at radius 1 is 1.38 bits per heavy atom. The SMILES string of the molecule is CN1CCC(c2cccc(C3(N)CC3)c2)C1. The quantitative estimate of drug-likeness (QED) is 0.820. The molecule has 0 spiro atoms. The molecule has 16 heavy (non-hydrogen) atoms. The van der Waals surface area contributed by atoms with Crippen LogP contribution < -0.4 is 5.73 Å². The summed E-state index contributed by atoms with van der Waals surface area (Å²) in [6.45, 7) is 2.42. The van der Waals surface area contributed by atoms with Crippen LogP contribution in [0.2, 0.25) is 0 Å². The van der Waals surface area contributed by atoms with Gasteiger partial charge in [-0.3, -0.25) is 0 Å². The Labute approximate surface area is 97.4 Å². The topological polar surface area (TPSA) is 29.3 Å². The van der Waals surface area contributed by atoms with Gasteiger partial charge in [0.25, 0.3) is 0 Å². The molecule has 0 bridgehead atoms. The van der Waals surface area contributed by atoms with E-state index in [1.807, 2.05) is 0 Å². The van der Waals surface area contributed by atoms with Crippen LogP contribution in [-0.4, -0.2) is 25.0 Å². The molecule has 1 heterocycles. The maximum absolute atomic E-state index is 6.25. The molecule has 1 saturated heterocycles. The number of nitrogens with zero attached hydrogens (tertiary/aromatic N) is 1. The summed E-state index contributed by atoms with van der Waals surface area (Å²) in [5.74, 6) is 0.715. The summed E-state index contributed by atoms with van der Waals surface area (Å²) in [5, 5.41) is 0. The lowest BCUT2D eigenvalue weighted by molar-refractivity contribution is 0.411. The van der Waals surface area contributed by atoms with Crippen LogP contribution in [0.25, 0.3) is 0 Å². The van der Waals surface area contributed by atoms with Crippen molar-refractivity contribution in [1.29, 1.82) is 0 Å². The van der Waals surface area contributed by atoms with E-state index in [1.165, 1.54) is 30.6 Å². The fraction of sp³-hybridized carbons (Fsp3) is 0.571. The summed E-state index contributed by atoms with van der Waals surface area (Å²) in [6.07, 6.45) is 3.60. The number of benzene rings is 1. The Balaban J connectivity index is 1.85. The Hall–Kier alpha value is -0.860. The van der Waals surface area contributed by atoms with E-state index in [1.54, 1.807) is 0 Å². The normalized spacial score (nSPS) is 28.2. The van der Waals surface area contributed by atoms with Gasteiger partial charge in [-0.25, -0.2) is 0 Å². The molecular weight excluding hydrogens is 196 g/mol. The van der Waals surface area contributed by atoms with Crippen LogP contribution in [0, 0.1) is 0 Å². The molecule has 2 N–H and O–H groups in total. The zero-order valence-electron chi connectivity index (χ0n) is 9.95. The molecule has 2 nitrogen and oxygen atoms in total. The van der Waals surface area contributed by atoms with E-state index < -0.39 is 0 Å². The van der Waals surface area contributed by atoms with Gasteiger partial charge in [-0.05, 0) is 49.9 Å². The van der Waals surface area contributed by atoms with Crippen molar-refractivity contribution in [3.8, 4) is 0 Å². The monoisotopic (exact) mass is 216 g/mol. The molecule has 2 aliphatic rings. The first-order valence-electron chi connectivity index (χ1n) is 6.25. The summed E-state index contributed by atoms with van der Waals surface area (Å²) in [6, 6.07) is 8.97. The molecule has 2 fully saturated rings. The molecule has 1 aromatic carbocycles. The van der Waals surface area contributed by atoms with Gasteiger partial charge in [-0.1, -0.05) is 24.3 Å². The first-order chi connectivity index (χ1) is 7.67. The maximum Gasteiger partial charge on any atom is 0.0411 e. The Kier molecular flexibility index (Phi) is 2.30. The largest absolute Gasteiger partial charge is 0.321 e. The first-order valence-corrected chi connectivity index (χ1v) is 6.25. The highest BCUT2D eigenvalue weighted by Crippen LogP contribution is 2.43. The van der Waals surface area contributed by atoms with Crippen molar-refractivity contribution in [2.24, 2.45) is 5.73 Å². The minimum absolute atomic E-state index is 0.0144. The van der Waals surface area contributed by atoms with Crippen molar-refractivity contribution in [2.45, 2.75) is 30.7 Å². The van der Waals surface area contributed by atoms with Gasteiger partial charge in [-0.15, -0.1) is 0 Å². The lowest BCUT2D eigenvalue weighted by Crippen LogP contribution is -2.19. The second-order valence-corrected chi connectivity index (χ2v) is 5.53. The molecule has 86 valence electrons. The lowest BCUT2D eigenvalue weighted by atomic mass is 9.94. The predicted octanol–water partition coefficient (Wildman–Crippen LogP) is 2.05. The van der Waals surface area contributed by atoms with Crippen molar-refractivity contribution in [3.63, 3.8) is 0 Å². The minimum Gasteiger partial charge on any atom is -0.321 e. The third kappa shape index (κ3) is 1.76. The molecule has 0 radical (unpaired) electrons. The minimum atomic E-state index is 0.0144. The zero-order chi connectivity index (χ0) is 11.2. The Bertz CT molecular complexity index is 395. The van der Waals surface area contributed by atoms with Crippen LogP contribution in [0.4, 0.5) is 0 Å². The van der Waals surface area contributed by atoms with E-state index in [0.29, 0.717) is 5.92 Å². The molecule has 1 unspecified atom stereocenters. The van der Waals surface area contributed by atoms with Gasteiger partial charge in [0.05, 0.1) is 0 Å². The van der Waals surface area contributed by atoms with Crippen molar-refractivity contribution in [3.05, 3.63) is 35.4 Å². The lowest BCUT2D eigenvalue weighted by Gasteiger charge is -2.15. The van der Waals surface area contributed by atoms with Gasteiger partial charge in [-0.2, -0.15) is 0 Å². The number of rotatable bonds is 2. The van der Waals surface area contributed by atoms with Crippen LogP contribution in [-0.2, 0) is 5.54 Å². The fourth-order valence-electron chi connectivity index (χ4n) is 2.73. The third-order valence-corrected chi connectivity index (χ3v) is 4.11. The van der Waals surface area contributed by atoms with Crippen LogP contribution >= 0.6 is 0 Å². The Morgan fingerprint density at radius 2 is 2.19 bits per heavy atom. The highest BCUT2D eigenvalue weighted by atomic mass is 15.1. The number of hydrogen-bond donors (Lipinski definition) is 1. The number of likely N-dealkylation sites (N-methyl/N-ethyl adjacent to an activating group) is 1. The van der Waals surface area contributed by atoms with Gasteiger partial charge >= 0.3 is 0 Å². The van der Waals surface area contributed by atoms with Crippen molar-refractivity contribution >= 4 is 0 Å². The number of likely N-dealkylation sites (tertiary alicyclic amines) is 1. The molecule has 1 aromatic rings. The molecule has 1 aliphatic heterocycles. The molecular formula is C14H20N2. The highest BCUT2D eigenvalue weighted by Gasteiger charge is 2.40. The van der Waals surface area contributed by atoms with Gasteiger partial charge in [0.15, 0.2) is 0 Å². The van der Waals surface area contributed by atoms with E-state index >= 15 is 0 Å². The van der Waals surface area contributed by atoms with E-state index in [-0.39, 0.29) is 5.54 Å². The summed E-state index contributed by atoms with van der Waals surface area (Å²) in [4.78, 5) is 2.41. The second-order valence-electron chi connectivity index (χ2n) is 5.53. The van der Waals surface area contributed by atoms with Gasteiger partial charge in [0, 0.05) is 12.1 Å². The Morgan fingerprint density at radius 3 is 2.81 bits per heavy atom. The van der Waals surface area contributed by atoms with Gasteiger partial charge in [0.1, 0.15) is 0 Å². The van der Waals surface area contributed by atoms with E-state index in [4.69, 9.17) is 5.73 Å². The third-order valence-electron chi connectivity index (χ3n) is 4.11. The van der Waals surface area contributed by atoms with Crippen LogP contribution in [0.5, 0.6) is 0 Å². The molecule has 2 heteroatoms.